The largest absolute Gasteiger partial charge is 0.393 e. The maximum Gasteiger partial charge on any atom is 0.193 e. The molecule has 44 heavy (non-hydrogen) atoms. The minimum Gasteiger partial charge on any atom is -0.393 e. The highest BCUT2D eigenvalue weighted by molar-refractivity contribution is 6.01. The van der Waals surface area contributed by atoms with E-state index in [1.54, 1.807) is 12.2 Å². The summed E-state index contributed by atoms with van der Waals surface area (Å²) < 4.78 is 13.3. The van der Waals surface area contributed by atoms with Crippen LogP contribution in [0.2, 0.25) is 0 Å². The molecule has 0 aromatic heterocycles. The summed E-state index contributed by atoms with van der Waals surface area (Å²) in [6.07, 6.45) is 5.85. The first-order valence-electron chi connectivity index (χ1n) is 15.7. The van der Waals surface area contributed by atoms with Crippen LogP contribution in [0.15, 0.2) is 72.3 Å². The lowest BCUT2D eigenvalue weighted by Gasteiger charge is -2.59. The zero-order valence-electron chi connectivity index (χ0n) is 25.5. The van der Waals surface area contributed by atoms with E-state index in [-0.39, 0.29) is 30.1 Å². The van der Waals surface area contributed by atoms with Gasteiger partial charge in [0.2, 0.25) is 0 Å². The molecule has 3 saturated carbocycles. The van der Waals surface area contributed by atoms with Crippen LogP contribution in [-0.4, -0.2) is 58.3 Å². The summed E-state index contributed by atoms with van der Waals surface area (Å²) in [6.45, 7) is 3.51. The van der Waals surface area contributed by atoms with Gasteiger partial charge in [-0.2, -0.15) is 0 Å². The Balaban J connectivity index is 1.17. The second-order valence-electron chi connectivity index (χ2n) is 13.8. The molecule has 9 atom stereocenters. The molecule has 232 valence electrons. The number of ketones is 2. The van der Waals surface area contributed by atoms with E-state index in [1.807, 2.05) is 73.5 Å². The second-order valence-corrected chi connectivity index (χ2v) is 13.8. The number of hydrogen-bond acceptors (Lipinski definition) is 8. The highest BCUT2D eigenvalue weighted by atomic mass is 16.7. The smallest absolute Gasteiger partial charge is 0.193 e. The van der Waals surface area contributed by atoms with Gasteiger partial charge in [0, 0.05) is 40.7 Å². The molecule has 1 aliphatic heterocycles. The van der Waals surface area contributed by atoms with Crippen LogP contribution in [-0.2, 0) is 25.7 Å². The van der Waals surface area contributed by atoms with Crippen molar-refractivity contribution in [3.05, 3.63) is 83.5 Å². The topological polar surface area (TPSA) is 117 Å². The number of aliphatic hydroxyl groups excluding tert-OH is 3. The predicted octanol–water partition coefficient (Wildman–Crippen LogP) is 4.55. The van der Waals surface area contributed by atoms with Gasteiger partial charge >= 0.3 is 0 Å². The second kappa shape index (κ2) is 10.5. The summed E-state index contributed by atoms with van der Waals surface area (Å²) in [5, 5.41) is 31.4. The third-order valence-electron chi connectivity index (χ3n) is 11.9. The lowest BCUT2D eigenvalue weighted by atomic mass is 9.46. The SMILES string of the molecule is CN(c1ccc(CO)cc1)c1ccc([C@@H]2O[C@@H]3C[C@H]4[C@@H]5CCC6=CC(=O)C=C[C@]6(C)[C@H]5[C@@H](O)C[C@]4(C)[C@]3(C(=O)CO)O2)cc1. The van der Waals surface area contributed by atoms with Crippen molar-refractivity contribution in [3.63, 3.8) is 0 Å². The Morgan fingerprint density at radius 1 is 1.05 bits per heavy atom. The van der Waals surface area contributed by atoms with E-state index in [4.69, 9.17) is 9.47 Å². The van der Waals surface area contributed by atoms with Crippen molar-refractivity contribution in [1.82, 2.24) is 0 Å². The van der Waals surface area contributed by atoms with Crippen LogP contribution in [0.3, 0.4) is 0 Å². The standard InChI is InChI=1S/C36H41NO7/c1-34-15-14-26(40)16-23(34)8-13-27-28-17-31-36(30(42)20-39,35(28,2)18-29(41)32(27)34)44-33(43-31)22-6-11-25(12-7-22)37(3)24-9-4-21(19-38)5-10-24/h4-7,9-12,14-16,27-29,31-33,38-39,41H,8,13,17-20H2,1-3H3/t27-,28-,29-,31+,32+,33+,34-,35-,36+/m0/s1. The molecule has 8 nitrogen and oxygen atoms in total. The highest BCUT2D eigenvalue weighted by Crippen LogP contribution is 2.70. The predicted molar refractivity (Wildman–Crippen MR) is 164 cm³/mol. The molecule has 0 amide bonds. The molecule has 5 aliphatic rings. The van der Waals surface area contributed by atoms with Gasteiger partial charge in [-0.25, -0.2) is 0 Å². The first-order chi connectivity index (χ1) is 21.1. The molecule has 0 spiro atoms. The van der Waals surface area contributed by atoms with Crippen LogP contribution in [0.4, 0.5) is 11.4 Å². The van der Waals surface area contributed by atoms with Crippen molar-refractivity contribution in [3.8, 4) is 0 Å². The number of aliphatic hydroxyl groups is 3. The first-order valence-corrected chi connectivity index (χ1v) is 15.7. The van der Waals surface area contributed by atoms with E-state index >= 15 is 0 Å². The number of allylic oxidation sites excluding steroid dienone is 4. The zero-order chi connectivity index (χ0) is 31.0. The Kier molecular flexibility index (Phi) is 7.03. The lowest BCUT2D eigenvalue weighted by Crippen LogP contribution is -2.63. The molecule has 1 saturated heterocycles. The van der Waals surface area contributed by atoms with Gasteiger partial charge in [0.05, 0.1) is 18.8 Å². The molecule has 2 aromatic rings. The summed E-state index contributed by atoms with van der Waals surface area (Å²) in [7, 11) is 1.97. The number of benzene rings is 2. The van der Waals surface area contributed by atoms with Gasteiger partial charge in [-0.1, -0.05) is 49.8 Å². The zero-order valence-corrected chi connectivity index (χ0v) is 25.5. The fourth-order valence-corrected chi connectivity index (χ4v) is 9.66. The van der Waals surface area contributed by atoms with Gasteiger partial charge < -0.3 is 29.7 Å². The summed E-state index contributed by atoms with van der Waals surface area (Å²) in [4.78, 5) is 28.0. The number of rotatable bonds is 6. The van der Waals surface area contributed by atoms with Crippen LogP contribution in [0, 0.1) is 28.6 Å². The average Bonchev–Trinajstić information content (AvgIpc) is 3.53. The van der Waals surface area contributed by atoms with E-state index in [9.17, 15) is 24.9 Å². The van der Waals surface area contributed by atoms with E-state index in [0.29, 0.717) is 12.8 Å². The quantitative estimate of drug-likeness (QED) is 0.443. The number of nitrogens with zero attached hydrogens (tertiary/aromatic N) is 1. The van der Waals surface area contributed by atoms with Crippen molar-refractivity contribution < 1.29 is 34.4 Å². The van der Waals surface area contributed by atoms with Crippen LogP contribution < -0.4 is 4.90 Å². The fraction of sp³-hybridized carbons (Fsp3) is 0.500. The summed E-state index contributed by atoms with van der Waals surface area (Å²) in [6, 6.07) is 15.5. The number of hydrogen-bond donors (Lipinski definition) is 3. The minimum absolute atomic E-state index is 0.00148. The minimum atomic E-state index is -1.37. The molecule has 8 heteroatoms. The maximum atomic E-state index is 13.8. The third kappa shape index (κ3) is 4.08. The third-order valence-corrected chi connectivity index (χ3v) is 11.9. The Morgan fingerprint density at radius 3 is 2.39 bits per heavy atom. The molecule has 1 heterocycles. The normalized spacial score (nSPS) is 38.8. The van der Waals surface area contributed by atoms with Crippen LogP contribution in [0.1, 0.15) is 56.9 Å². The molecule has 2 aromatic carbocycles. The monoisotopic (exact) mass is 599 g/mol. The number of carbonyl (C=O) groups excluding carboxylic acids is 2. The van der Waals surface area contributed by atoms with E-state index in [0.717, 1.165) is 40.9 Å². The number of ether oxygens (including phenoxy) is 2. The first kappa shape index (κ1) is 29.6. The molecule has 0 radical (unpaired) electrons. The van der Waals surface area contributed by atoms with Crippen molar-refractivity contribution in [1.29, 1.82) is 0 Å². The molecule has 0 bridgehead atoms. The Morgan fingerprint density at radius 2 is 1.73 bits per heavy atom. The Labute approximate surface area is 258 Å². The van der Waals surface area contributed by atoms with E-state index < -0.39 is 47.3 Å². The average molecular weight is 600 g/mol. The van der Waals surface area contributed by atoms with Crippen LogP contribution >= 0.6 is 0 Å². The van der Waals surface area contributed by atoms with Crippen molar-refractivity contribution >= 4 is 22.9 Å². The van der Waals surface area contributed by atoms with Gasteiger partial charge in [0.25, 0.3) is 0 Å². The van der Waals surface area contributed by atoms with Gasteiger partial charge in [-0.3, -0.25) is 9.59 Å². The number of anilines is 2. The Hall–Kier alpha value is -3.14. The summed E-state index contributed by atoms with van der Waals surface area (Å²) in [5.74, 6) is -0.308. The summed E-state index contributed by atoms with van der Waals surface area (Å²) in [5.41, 5.74) is 2.12. The van der Waals surface area contributed by atoms with Crippen LogP contribution in [0.25, 0.3) is 0 Å². The van der Waals surface area contributed by atoms with Gasteiger partial charge in [0.1, 0.15) is 6.61 Å². The van der Waals surface area contributed by atoms with Gasteiger partial charge in [-0.05, 0) is 79.5 Å². The van der Waals surface area contributed by atoms with E-state index in [2.05, 4.69) is 6.92 Å². The molecule has 3 N–H and O–H groups in total. The van der Waals surface area contributed by atoms with Crippen molar-refractivity contribution in [2.24, 2.45) is 28.6 Å². The number of fused-ring (bicyclic) bond motifs is 7. The number of Topliss-reactive ketones (excluding diaryl/α,β-unsaturated/α-hetero) is 1. The molecule has 4 aliphatic carbocycles. The molecule has 0 unspecified atom stereocenters. The highest BCUT2D eigenvalue weighted by Gasteiger charge is 2.75. The lowest BCUT2D eigenvalue weighted by molar-refractivity contribution is -0.201. The van der Waals surface area contributed by atoms with Crippen molar-refractivity contribution in [2.45, 2.75) is 70.2 Å². The molecular formula is C36H41NO7. The number of carbonyl (C=O) groups is 2. The molecule has 4 fully saturated rings. The summed E-state index contributed by atoms with van der Waals surface area (Å²) >= 11 is 0. The van der Waals surface area contributed by atoms with Crippen LogP contribution in [0.5, 0.6) is 0 Å². The van der Waals surface area contributed by atoms with Gasteiger partial charge in [-0.15, -0.1) is 0 Å². The van der Waals surface area contributed by atoms with Gasteiger partial charge in [0.15, 0.2) is 23.5 Å². The van der Waals surface area contributed by atoms with E-state index in [1.165, 1.54) is 0 Å². The Bertz CT molecular complexity index is 1530. The maximum absolute atomic E-state index is 13.8. The molecule has 7 rings (SSSR count). The fourth-order valence-electron chi connectivity index (χ4n) is 9.66. The van der Waals surface area contributed by atoms with Crippen molar-refractivity contribution in [2.75, 3.05) is 18.6 Å². The molecular weight excluding hydrogens is 558 g/mol.